The number of hydrogen-bond donors (Lipinski definition) is 3. The summed E-state index contributed by atoms with van der Waals surface area (Å²) in [6.07, 6.45) is 5.69. The molecule has 0 bridgehead atoms. The topological polar surface area (TPSA) is 124 Å². The fraction of sp³-hybridized carbons (Fsp3) is 0.455. The van der Waals surface area contributed by atoms with Gasteiger partial charge in [-0.3, -0.25) is 4.79 Å². The Morgan fingerprint density at radius 3 is 3.00 bits per heavy atom. The number of hydrogen-bond acceptors (Lipinski definition) is 8. The molecule has 3 heterocycles. The standard InChI is InChI=1S/C22H27N3O7/c26-5-6-28-7-8-29-21-11-16(15-1-2-18-19(9-15)31-14-30-18)10-20(32-21)22(27)24-4-3-17-12-23-13-25-17/h1-2,9-10,12-13,16,21,26H,3-8,11,14H2,(H,23,25)(H,24,27)/t16-,21+/m1/s1. The molecule has 2 atom stereocenters. The molecule has 0 fully saturated rings. The molecular formula is C22H27N3O7. The van der Waals surface area contributed by atoms with Crippen molar-refractivity contribution in [3.8, 4) is 11.5 Å². The summed E-state index contributed by atoms with van der Waals surface area (Å²) in [5.74, 6) is 1.19. The van der Waals surface area contributed by atoms with Crippen LogP contribution in [-0.2, 0) is 25.4 Å². The second-order valence-electron chi connectivity index (χ2n) is 7.32. The maximum absolute atomic E-state index is 12.8. The van der Waals surface area contributed by atoms with Crippen molar-refractivity contribution in [3.05, 3.63) is 53.8 Å². The number of rotatable bonds is 11. The minimum absolute atomic E-state index is 0.0439. The monoisotopic (exact) mass is 445 g/mol. The molecule has 0 unspecified atom stereocenters. The molecule has 0 radical (unpaired) electrons. The number of ether oxygens (including phenoxy) is 5. The van der Waals surface area contributed by atoms with Gasteiger partial charge in [-0.15, -0.1) is 0 Å². The van der Waals surface area contributed by atoms with E-state index in [4.69, 9.17) is 28.8 Å². The van der Waals surface area contributed by atoms with Gasteiger partial charge in [0, 0.05) is 37.2 Å². The van der Waals surface area contributed by atoms with Crippen molar-refractivity contribution in [2.24, 2.45) is 0 Å². The highest BCUT2D eigenvalue weighted by Gasteiger charge is 2.29. The second kappa shape index (κ2) is 11.0. The van der Waals surface area contributed by atoms with E-state index in [0.29, 0.717) is 37.5 Å². The molecule has 1 aromatic carbocycles. The van der Waals surface area contributed by atoms with E-state index in [2.05, 4.69) is 15.3 Å². The number of benzene rings is 1. The molecule has 10 nitrogen and oxygen atoms in total. The maximum Gasteiger partial charge on any atom is 0.286 e. The number of allylic oxidation sites excluding steroid dienone is 1. The zero-order chi connectivity index (χ0) is 22.2. The lowest BCUT2D eigenvalue weighted by Crippen LogP contribution is -2.34. The third-order valence-corrected chi connectivity index (χ3v) is 5.11. The van der Waals surface area contributed by atoms with Crippen molar-refractivity contribution in [2.75, 3.05) is 39.8 Å². The highest BCUT2D eigenvalue weighted by molar-refractivity contribution is 5.91. The number of aromatic nitrogens is 2. The number of carbonyl (C=O) groups excluding carboxylic acids is 1. The fourth-order valence-corrected chi connectivity index (χ4v) is 3.52. The molecule has 0 spiro atoms. The van der Waals surface area contributed by atoms with Gasteiger partial charge in [0.25, 0.3) is 5.91 Å². The number of nitrogens with zero attached hydrogens (tertiary/aromatic N) is 1. The largest absolute Gasteiger partial charge is 0.459 e. The molecule has 0 saturated carbocycles. The molecule has 2 aliphatic heterocycles. The van der Waals surface area contributed by atoms with Gasteiger partial charge in [0.1, 0.15) is 0 Å². The third kappa shape index (κ3) is 5.78. The van der Waals surface area contributed by atoms with Crippen LogP contribution in [0.4, 0.5) is 0 Å². The van der Waals surface area contributed by atoms with E-state index in [0.717, 1.165) is 11.3 Å². The van der Waals surface area contributed by atoms with Crippen molar-refractivity contribution in [2.45, 2.75) is 25.0 Å². The summed E-state index contributed by atoms with van der Waals surface area (Å²) in [6, 6.07) is 5.74. The Labute approximate surface area is 185 Å². The van der Waals surface area contributed by atoms with E-state index in [1.807, 2.05) is 24.3 Å². The first-order chi connectivity index (χ1) is 15.7. The summed E-state index contributed by atoms with van der Waals surface area (Å²) in [6.45, 7) is 1.46. The van der Waals surface area contributed by atoms with Crippen molar-refractivity contribution in [1.29, 1.82) is 0 Å². The summed E-state index contributed by atoms with van der Waals surface area (Å²) in [4.78, 5) is 19.7. The van der Waals surface area contributed by atoms with E-state index < -0.39 is 6.29 Å². The van der Waals surface area contributed by atoms with Gasteiger partial charge < -0.3 is 39.1 Å². The number of fused-ring (bicyclic) bond motifs is 1. The lowest BCUT2D eigenvalue weighted by molar-refractivity contribution is -0.151. The molecule has 172 valence electrons. The lowest BCUT2D eigenvalue weighted by Gasteiger charge is -2.29. The Bertz CT molecular complexity index is 916. The Morgan fingerprint density at radius 2 is 2.16 bits per heavy atom. The predicted octanol–water partition coefficient (Wildman–Crippen LogP) is 1.24. The summed E-state index contributed by atoms with van der Waals surface area (Å²) < 4.78 is 27.8. The van der Waals surface area contributed by atoms with Crippen LogP contribution in [0.3, 0.4) is 0 Å². The highest BCUT2D eigenvalue weighted by atomic mass is 16.7. The Morgan fingerprint density at radius 1 is 1.25 bits per heavy atom. The van der Waals surface area contributed by atoms with Crippen LogP contribution < -0.4 is 14.8 Å². The summed E-state index contributed by atoms with van der Waals surface area (Å²) >= 11 is 0. The van der Waals surface area contributed by atoms with Gasteiger partial charge >= 0.3 is 0 Å². The molecule has 0 saturated heterocycles. The number of aliphatic hydroxyl groups is 1. The van der Waals surface area contributed by atoms with Gasteiger partial charge in [-0.05, 0) is 23.8 Å². The van der Waals surface area contributed by atoms with Crippen LogP contribution in [0.15, 0.2) is 42.6 Å². The number of aromatic amines is 1. The van der Waals surface area contributed by atoms with E-state index in [-0.39, 0.29) is 44.2 Å². The summed E-state index contributed by atoms with van der Waals surface area (Å²) in [7, 11) is 0. The first-order valence-electron chi connectivity index (χ1n) is 10.6. The van der Waals surface area contributed by atoms with Crippen LogP contribution in [0, 0.1) is 0 Å². The van der Waals surface area contributed by atoms with Gasteiger partial charge in [-0.25, -0.2) is 4.98 Å². The number of carbonyl (C=O) groups is 1. The molecule has 1 aromatic heterocycles. The van der Waals surface area contributed by atoms with Gasteiger partial charge in [-0.2, -0.15) is 0 Å². The fourth-order valence-electron chi connectivity index (χ4n) is 3.52. The number of imidazole rings is 1. The van der Waals surface area contributed by atoms with Crippen molar-refractivity contribution < 1.29 is 33.6 Å². The van der Waals surface area contributed by atoms with E-state index in [1.54, 1.807) is 12.5 Å². The van der Waals surface area contributed by atoms with Crippen molar-refractivity contribution in [3.63, 3.8) is 0 Å². The average molecular weight is 445 g/mol. The van der Waals surface area contributed by atoms with E-state index in [9.17, 15) is 4.79 Å². The molecule has 2 aliphatic rings. The van der Waals surface area contributed by atoms with Gasteiger partial charge in [0.2, 0.25) is 13.1 Å². The molecule has 4 rings (SSSR count). The van der Waals surface area contributed by atoms with Crippen LogP contribution >= 0.6 is 0 Å². The smallest absolute Gasteiger partial charge is 0.286 e. The molecular weight excluding hydrogens is 418 g/mol. The third-order valence-electron chi connectivity index (χ3n) is 5.11. The lowest BCUT2D eigenvalue weighted by atomic mass is 9.92. The Kier molecular flexibility index (Phi) is 7.59. The van der Waals surface area contributed by atoms with Crippen LogP contribution in [0.2, 0.25) is 0 Å². The molecule has 32 heavy (non-hydrogen) atoms. The molecule has 3 N–H and O–H groups in total. The minimum Gasteiger partial charge on any atom is -0.459 e. The number of aliphatic hydroxyl groups excluding tert-OH is 1. The quantitative estimate of drug-likeness (QED) is 0.442. The van der Waals surface area contributed by atoms with Crippen LogP contribution in [0.1, 0.15) is 23.6 Å². The second-order valence-corrected chi connectivity index (χ2v) is 7.32. The van der Waals surface area contributed by atoms with E-state index >= 15 is 0 Å². The summed E-state index contributed by atoms with van der Waals surface area (Å²) in [5.41, 5.74) is 1.91. The van der Waals surface area contributed by atoms with E-state index in [1.165, 1.54) is 0 Å². The average Bonchev–Trinajstić information content (AvgIpc) is 3.50. The van der Waals surface area contributed by atoms with Gasteiger partial charge in [0.05, 0.1) is 32.8 Å². The first kappa shape index (κ1) is 22.1. The zero-order valence-corrected chi connectivity index (χ0v) is 17.6. The van der Waals surface area contributed by atoms with Gasteiger partial charge in [0.15, 0.2) is 17.3 Å². The highest BCUT2D eigenvalue weighted by Crippen LogP contribution is 2.38. The maximum atomic E-state index is 12.8. The molecule has 10 heteroatoms. The van der Waals surface area contributed by atoms with Crippen molar-refractivity contribution >= 4 is 5.91 Å². The van der Waals surface area contributed by atoms with Crippen LogP contribution in [-0.4, -0.2) is 67.0 Å². The van der Waals surface area contributed by atoms with Crippen LogP contribution in [0.25, 0.3) is 0 Å². The normalized spacial score (nSPS) is 19.3. The van der Waals surface area contributed by atoms with Crippen molar-refractivity contribution in [1.82, 2.24) is 15.3 Å². The number of nitrogens with one attached hydrogen (secondary N) is 2. The van der Waals surface area contributed by atoms with Gasteiger partial charge in [-0.1, -0.05) is 6.07 Å². The molecule has 1 amide bonds. The Hall–Kier alpha value is -3.08. The SMILES string of the molecule is O=C(NCCc1cnc[nH]1)C1=C[C@@H](c2ccc3c(c2)OCO3)C[C@@H](OCCOCCO)O1. The van der Waals surface area contributed by atoms with Crippen LogP contribution in [0.5, 0.6) is 11.5 Å². The molecule has 0 aliphatic carbocycles. The Balaban J connectivity index is 1.41. The zero-order valence-electron chi connectivity index (χ0n) is 17.6. The summed E-state index contributed by atoms with van der Waals surface area (Å²) in [5, 5.41) is 11.7. The minimum atomic E-state index is -0.610. The predicted molar refractivity (Wildman–Crippen MR) is 112 cm³/mol. The number of amides is 1. The molecule has 2 aromatic rings. The first-order valence-corrected chi connectivity index (χ1v) is 10.6. The number of H-pyrrole nitrogens is 1.